The van der Waals surface area contributed by atoms with Gasteiger partial charge in [0.15, 0.2) is 0 Å². The van der Waals surface area contributed by atoms with E-state index in [1.54, 1.807) is 6.92 Å². The Labute approximate surface area is 69.7 Å². The van der Waals surface area contributed by atoms with E-state index in [9.17, 15) is 9.59 Å². The van der Waals surface area contributed by atoms with Crippen LogP contribution in [0.25, 0.3) is 0 Å². The minimum Gasteiger partial charge on any atom is -0.466 e. The predicted octanol–water partition coefficient (Wildman–Crippen LogP) is 0.746. The van der Waals surface area contributed by atoms with Gasteiger partial charge in [-0.05, 0) is 13.3 Å². The zero-order valence-electron chi connectivity index (χ0n) is 6.17. The molecule has 62 valence electrons. The molecule has 0 aromatic carbocycles. The molecule has 1 aliphatic rings. The van der Waals surface area contributed by atoms with Gasteiger partial charge in [0.1, 0.15) is 11.2 Å². The minimum absolute atomic E-state index is 0.334. The molecule has 1 saturated carbocycles. The maximum absolute atomic E-state index is 10.9. The molecule has 2 unspecified atom stereocenters. The van der Waals surface area contributed by atoms with Crippen molar-refractivity contribution in [3.63, 3.8) is 0 Å². The second-order valence-electron chi connectivity index (χ2n) is 2.55. The molecule has 0 radical (unpaired) electrons. The van der Waals surface area contributed by atoms with E-state index >= 15 is 0 Å². The summed E-state index contributed by atoms with van der Waals surface area (Å²) in [5, 5.41) is 0. The third-order valence-corrected chi connectivity index (χ3v) is 2.21. The summed E-state index contributed by atoms with van der Waals surface area (Å²) in [5.74, 6) is -0.781. The van der Waals surface area contributed by atoms with E-state index in [0.717, 1.165) is 0 Å². The average Bonchev–Trinajstić information content (AvgIpc) is 2.65. The standard InChI is InChI=1S/C7H9ClO3/c1-2-11-6(10)5-3-7(5,8)4-9/h4-5H,2-3H2,1H3. The molecule has 0 N–H and O–H groups in total. The largest absolute Gasteiger partial charge is 0.466 e. The van der Waals surface area contributed by atoms with Gasteiger partial charge in [-0.3, -0.25) is 4.79 Å². The molecule has 1 rings (SSSR count). The fourth-order valence-corrected chi connectivity index (χ4v) is 1.15. The number of carbonyl (C=O) groups is 2. The fourth-order valence-electron chi connectivity index (χ4n) is 0.906. The Kier molecular flexibility index (Phi) is 2.18. The van der Waals surface area contributed by atoms with Crippen LogP contribution in [0.2, 0.25) is 0 Å². The van der Waals surface area contributed by atoms with Crippen molar-refractivity contribution < 1.29 is 14.3 Å². The number of rotatable bonds is 3. The number of hydrogen-bond acceptors (Lipinski definition) is 3. The monoisotopic (exact) mass is 176 g/mol. The Morgan fingerprint density at radius 3 is 2.91 bits per heavy atom. The van der Waals surface area contributed by atoms with Crippen molar-refractivity contribution in [2.75, 3.05) is 6.61 Å². The second kappa shape index (κ2) is 2.81. The molecule has 11 heavy (non-hydrogen) atoms. The molecule has 2 atom stereocenters. The van der Waals surface area contributed by atoms with Crippen LogP contribution in [-0.4, -0.2) is 23.7 Å². The molecule has 0 aromatic heterocycles. The number of ether oxygens (including phenoxy) is 1. The van der Waals surface area contributed by atoms with E-state index in [2.05, 4.69) is 4.74 Å². The molecule has 0 bridgehead atoms. The molecule has 1 aliphatic carbocycles. The number of halogens is 1. The summed E-state index contributed by atoms with van der Waals surface area (Å²) in [6.45, 7) is 2.05. The van der Waals surface area contributed by atoms with Crippen LogP contribution in [0, 0.1) is 5.92 Å². The first-order chi connectivity index (χ1) is 5.14. The zero-order valence-corrected chi connectivity index (χ0v) is 6.93. The molecule has 3 nitrogen and oxygen atoms in total. The van der Waals surface area contributed by atoms with Gasteiger partial charge in [0, 0.05) is 0 Å². The maximum Gasteiger partial charge on any atom is 0.311 e. The molecule has 0 saturated heterocycles. The number of aldehydes is 1. The molecular weight excluding hydrogens is 168 g/mol. The summed E-state index contributed by atoms with van der Waals surface area (Å²) < 4.78 is 4.68. The van der Waals surface area contributed by atoms with Gasteiger partial charge in [0.25, 0.3) is 0 Å². The van der Waals surface area contributed by atoms with Crippen molar-refractivity contribution in [2.45, 2.75) is 18.2 Å². The first-order valence-corrected chi connectivity index (χ1v) is 3.83. The Balaban J connectivity index is 2.42. The molecule has 0 spiro atoms. The fraction of sp³-hybridized carbons (Fsp3) is 0.714. The smallest absolute Gasteiger partial charge is 0.311 e. The van der Waals surface area contributed by atoms with Gasteiger partial charge in [-0.1, -0.05) is 0 Å². The first kappa shape index (κ1) is 8.53. The van der Waals surface area contributed by atoms with Crippen molar-refractivity contribution in [1.29, 1.82) is 0 Å². The maximum atomic E-state index is 10.9. The van der Waals surface area contributed by atoms with Crippen LogP contribution in [0.5, 0.6) is 0 Å². The molecule has 0 aliphatic heterocycles. The molecule has 1 fully saturated rings. The van der Waals surface area contributed by atoms with Gasteiger partial charge in [0.2, 0.25) is 0 Å². The van der Waals surface area contributed by atoms with E-state index in [-0.39, 0.29) is 5.97 Å². The van der Waals surface area contributed by atoms with Crippen molar-refractivity contribution >= 4 is 23.9 Å². The lowest BCUT2D eigenvalue weighted by molar-refractivity contribution is -0.145. The number of alkyl halides is 1. The number of carbonyl (C=O) groups excluding carboxylic acids is 2. The van der Waals surface area contributed by atoms with Gasteiger partial charge in [-0.15, -0.1) is 11.6 Å². The van der Waals surface area contributed by atoms with Gasteiger partial charge >= 0.3 is 5.97 Å². The lowest BCUT2D eigenvalue weighted by atomic mass is 10.3. The third kappa shape index (κ3) is 1.53. The van der Waals surface area contributed by atoms with E-state index in [1.807, 2.05) is 0 Å². The van der Waals surface area contributed by atoms with Crippen LogP contribution in [0.15, 0.2) is 0 Å². The van der Waals surface area contributed by atoms with E-state index in [4.69, 9.17) is 11.6 Å². The van der Waals surface area contributed by atoms with Crippen LogP contribution in [0.3, 0.4) is 0 Å². The van der Waals surface area contributed by atoms with E-state index in [1.165, 1.54) is 0 Å². The molecule has 4 heteroatoms. The quantitative estimate of drug-likeness (QED) is 0.362. The van der Waals surface area contributed by atoms with Crippen molar-refractivity contribution in [3.05, 3.63) is 0 Å². The highest BCUT2D eigenvalue weighted by Gasteiger charge is 2.58. The van der Waals surface area contributed by atoms with Crippen molar-refractivity contribution in [2.24, 2.45) is 5.92 Å². The van der Waals surface area contributed by atoms with Gasteiger partial charge in [-0.2, -0.15) is 0 Å². The SMILES string of the molecule is CCOC(=O)C1CC1(Cl)C=O. The van der Waals surface area contributed by atoms with Crippen LogP contribution in [-0.2, 0) is 14.3 Å². The Morgan fingerprint density at radius 2 is 2.55 bits per heavy atom. The molecule has 0 amide bonds. The van der Waals surface area contributed by atoms with Crippen molar-refractivity contribution in [1.82, 2.24) is 0 Å². The molecule has 0 aromatic rings. The Bertz CT molecular complexity index is 192. The molecular formula is C7H9ClO3. The summed E-state index contributed by atoms with van der Waals surface area (Å²) in [6.07, 6.45) is 1.02. The highest BCUT2D eigenvalue weighted by molar-refractivity contribution is 6.36. The zero-order chi connectivity index (χ0) is 8.48. The Hall–Kier alpha value is -0.570. The molecule has 0 heterocycles. The van der Waals surface area contributed by atoms with E-state index in [0.29, 0.717) is 19.3 Å². The summed E-state index contributed by atoms with van der Waals surface area (Å²) in [6, 6.07) is 0. The topological polar surface area (TPSA) is 43.4 Å². The van der Waals surface area contributed by atoms with Crippen LogP contribution >= 0.6 is 11.6 Å². The third-order valence-electron chi connectivity index (χ3n) is 1.70. The lowest BCUT2D eigenvalue weighted by Gasteiger charge is -1.99. The van der Waals surface area contributed by atoms with Crippen LogP contribution in [0.1, 0.15) is 13.3 Å². The summed E-state index contributed by atoms with van der Waals surface area (Å²) in [7, 11) is 0. The highest BCUT2D eigenvalue weighted by Crippen LogP contribution is 2.48. The van der Waals surface area contributed by atoms with Crippen LogP contribution in [0.4, 0.5) is 0 Å². The summed E-state index contributed by atoms with van der Waals surface area (Å²) >= 11 is 5.66. The van der Waals surface area contributed by atoms with Crippen LogP contribution < -0.4 is 0 Å². The number of hydrogen-bond donors (Lipinski definition) is 0. The first-order valence-electron chi connectivity index (χ1n) is 3.46. The van der Waals surface area contributed by atoms with Gasteiger partial charge in [-0.25, -0.2) is 0 Å². The lowest BCUT2D eigenvalue weighted by Crippen LogP contribution is -2.14. The van der Waals surface area contributed by atoms with Gasteiger partial charge < -0.3 is 9.53 Å². The van der Waals surface area contributed by atoms with Crippen molar-refractivity contribution in [3.8, 4) is 0 Å². The second-order valence-corrected chi connectivity index (χ2v) is 3.26. The van der Waals surface area contributed by atoms with Gasteiger partial charge in [0.05, 0.1) is 12.5 Å². The summed E-state index contributed by atoms with van der Waals surface area (Å²) in [5.41, 5.74) is 0. The normalized spacial score (nSPS) is 34.5. The predicted molar refractivity (Wildman–Crippen MR) is 39.4 cm³/mol. The summed E-state index contributed by atoms with van der Waals surface area (Å²) in [4.78, 5) is 20.2. The number of esters is 1. The average molecular weight is 177 g/mol. The minimum atomic E-state index is -0.952. The van der Waals surface area contributed by atoms with E-state index < -0.39 is 10.8 Å². The Morgan fingerprint density at radius 1 is 1.91 bits per heavy atom. The highest BCUT2D eigenvalue weighted by atomic mass is 35.5.